The smallest absolute Gasteiger partial charge is 0.247 e. The van der Waals surface area contributed by atoms with Crippen molar-refractivity contribution in [1.82, 2.24) is 10.3 Å². The Bertz CT molecular complexity index is 1050. The van der Waals surface area contributed by atoms with E-state index in [4.69, 9.17) is 0 Å². The van der Waals surface area contributed by atoms with Gasteiger partial charge >= 0.3 is 0 Å². The Morgan fingerprint density at radius 1 is 1.00 bits per heavy atom. The van der Waals surface area contributed by atoms with Gasteiger partial charge in [0.25, 0.3) is 0 Å². The van der Waals surface area contributed by atoms with Crippen LogP contribution in [0.4, 0.5) is 0 Å². The van der Waals surface area contributed by atoms with E-state index < -0.39 is 0 Å². The van der Waals surface area contributed by atoms with Gasteiger partial charge in [0.1, 0.15) is 0 Å². The Hall–Kier alpha value is -2.81. The van der Waals surface area contributed by atoms with Crippen LogP contribution in [-0.2, 0) is 4.79 Å². The number of rotatable bonds is 4. The summed E-state index contributed by atoms with van der Waals surface area (Å²) in [5.41, 5.74) is 10.5. The van der Waals surface area contributed by atoms with Crippen LogP contribution in [0.2, 0.25) is 0 Å². The molecule has 2 aromatic carbocycles. The number of H-pyrrole nitrogens is 1. The van der Waals surface area contributed by atoms with Crippen LogP contribution in [-0.4, -0.2) is 16.9 Å². The summed E-state index contributed by atoms with van der Waals surface area (Å²) in [6, 6.07) is 8.81. The molecule has 2 N–H and O–H groups in total. The van der Waals surface area contributed by atoms with E-state index in [0.29, 0.717) is 0 Å². The van der Waals surface area contributed by atoms with Crippen LogP contribution < -0.4 is 5.32 Å². The third-order valence-electron chi connectivity index (χ3n) is 5.66. The van der Waals surface area contributed by atoms with Crippen molar-refractivity contribution in [2.45, 2.75) is 54.5 Å². The van der Waals surface area contributed by atoms with Crippen LogP contribution in [0.1, 0.15) is 48.6 Å². The van der Waals surface area contributed by atoms with Crippen LogP contribution in [0.25, 0.3) is 28.1 Å². The number of carbonyl (C=O) groups excluding carboxylic acids is 1. The quantitative estimate of drug-likeness (QED) is 0.541. The highest BCUT2D eigenvalue weighted by atomic mass is 16.1. The highest BCUT2D eigenvalue weighted by Gasteiger charge is 2.16. The number of hydrogen-bond acceptors (Lipinski definition) is 1. The number of aromatic nitrogens is 1. The third kappa shape index (κ3) is 3.62. The topological polar surface area (TPSA) is 44.9 Å². The van der Waals surface area contributed by atoms with Gasteiger partial charge in [-0.05, 0) is 117 Å². The summed E-state index contributed by atoms with van der Waals surface area (Å²) in [6.07, 6.45) is 4.01. The van der Waals surface area contributed by atoms with Crippen LogP contribution in [0.5, 0.6) is 0 Å². The number of benzene rings is 2. The molecule has 0 fully saturated rings. The maximum absolute atomic E-state index is 12.4. The monoisotopic (exact) mass is 374 g/mol. The van der Waals surface area contributed by atoms with Gasteiger partial charge in [-0.15, -0.1) is 0 Å². The van der Waals surface area contributed by atoms with Crippen LogP contribution in [0.15, 0.2) is 36.0 Å². The summed E-state index contributed by atoms with van der Waals surface area (Å²) in [7, 11) is 0. The van der Waals surface area contributed by atoms with Gasteiger partial charge in [-0.25, -0.2) is 0 Å². The number of fused-ring (bicyclic) bond motifs is 1. The van der Waals surface area contributed by atoms with Crippen molar-refractivity contribution in [2.75, 3.05) is 0 Å². The van der Waals surface area contributed by atoms with Gasteiger partial charge in [0, 0.05) is 23.3 Å². The molecule has 0 unspecified atom stereocenters. The molecule has 0 bridgehead atoms. The largest absolute Gasteiger partial charge is 0.361 e. The minimum atomic E-state index is -0.00825. The number of hydrogen-bond donors (Lipinski definition) is 2. The number of aromatic amines is 1. The van der Waals surface area contributed by atoms with Crippen LogP contribution >= 0.6 is 0 Å². The van der Waals surface area contributed by atoms with Crippen molar-refractivity contribution >= 4 is 22.9 Å². The van der Waals surface area contributed by atoms with Gasteiger partial charge in [0.15, 0.2) is 0 Å². The normalized spacial score (nSPS) is 12.1. The second-order valence-electron chi connectivity index (χ2n) is 8.02. The molecule has 3 rings (SSSR count). The molecule has 0 aliphatic heterocycles. The fourth-order valence-corrected chi connectivity index (χ4v) is 3.86. The van der Waals surface area contributed by atoms with Gasteiger partial charge < -0.3 is 10.3 Å². The predicted molar refractivity (Wildman–Crippen MR) is 120 cm³/mol. The van der Waals surface area contributed by atoms with Gasteiger partial charge in [0.2, 0.25) is 5.91 Å². The molecule has 1 heterocycles. The second kappa shape index (κ2) is 7.67. The molecular formula is C25H30N2O. The molecule has 1 aromatic heterocycles. The minimum absolute atomic E-state index is 0.00825. The van der Waals surface area contributed by atoms with E-state index >= 15 is 0 Å². The molecule has 28 heavy (non-hydrogen) atoms. The highest BCUT2D eigenvalue weighted by molar-refractivity contribution is 5.98. The molecule has 0 aliphatic carbocycles. The standard InChI is InChI=1S/C25H30N2O/c1-14(2)27-25(28)15(3)12-22-16(4)18(6)24(19(7)17(22)5)21-8-9-23-20(13-21)10-11-26-23/h8-14,26H,1-7H3,(H,27,28)/b15-12+. The van der Waals surface area contributed by atoms with E-state index in [1.807, 2.05) is 33.0 Å². The van der Waals surface area contributed by atoms with E-state index in [0.717, 1.165) is 16.7 Å². The Morgan fingerprint density at radius 3 is 2.25 bits per heavy atom. The lowest BCUT2D eigenvalue weighted by atomic mass is 9.85. The Kier molecular flexibility index (Phi) is 5.46. The maximum atomic E-state index is 12.4. The summed E-state index contributed by atoms with van der Waals surface area (Å²) in [6.45, 7) is 14.5. The molecule has 0 radical (unpaired) electrons. The van der Waals surface area contributed by atoms with Crippen molar-refractivity contribution in [3.63, 3.8) is 0 Å². The Balaban J connectivity index is 2.13. The predicted octanol–water partition coefficient (Wildman–Crippen LogP) is 6.00. The molecule has 0 spiro atoms. The molecule has 1 amide bonds. The second-order valence-corrected chi connectivity index (χ2v) is 8.02. The molecule has 3 nitrogen and oxygen atoms in total. The van der Waals surface area contributed by atoms with Crippen molar-refractivity contribution < 1.29 is 4.79 Å². The lowest BCUT2D eigenvalue weighted by Gasteiger charge is -2.20. The zero-order valence-corrected chi connectivity index (χ0v) is 17.9. The molecule has 0 aliphatic rings. The Morgan fingerprint density at radius 2 is 1.64 bits per heavy atom. The lowest BCUT2D eigenvalue weighted by molar-refractivity contribution is -0.117. The molecule has 0 atom stereocenters. The highest BCUT2D eigenvalue weighted by Crippen LogP contribution is 2.36. The fraction of sp³-hybridized carbons (Fsp3) is 0.320. The van der Waals surface area contributed by atoms with Crippen LogP contribution in [0, 0.1) is 27.7 Å². The number of amides is 1. The summed E-state index contributed by atoms with van der Waals surface area (Å²) in [5, 5.41) is 4.19. The minimum Gasteiger partial charge on any atom is -0.361 e. The maximum Gasteiger partial charge on any atom is 0.247 e. The summed E-state index contributed by atoms with van der Waals surface area (Å²) in [4.78, 5) is 15.6. The zero-order chi connectivity index (χ0) is 20.6. The Labute approximate surface area is 167 Å². The van der Waals surface area contributed by atoms with Gasteiger partial charge in [-0.1, -0.05) is 6.07 Å². The molecule has 146 valence electrons. The van der Waals surface area contributed by atoms with E-state index in [9.17, 15) is 4.79 Å². The first-order chi connectivity index (χ1) is 13.2. The first-order valence-electron chi connectivity index (χ1n) is 9.87. The van der Waals surface area contributed by atoms with Crippen molar-refractivity contribution in [1.29, 1.82) is 0 Å². The number of nitrogens with one attached hydrogen (secondary N) is 2. The van der Waals surface area contributed by atoms with Crippen molar-refractivity contribution in [3.05, 3.63) is 63.9 Å². The average Bonchev–Trinajstić information content (AvgIpc) is 3.11. The fourth-order valence-electron chi connectivity index (χ4n) is 3.86. The van der Waals surface area contributed by atoms with Gasteiger partial charge in [-0.2, -0.15) is 0 Å². The molecule has 3 aromatic rings. The first-order valence-corrected chi connectivity index (χ1v) is 9.87. The first kappa shape index (κ1) is 19.9. The molecule has 0 saturated heterocycles. The van der Waals surface area contributed by atoms with Gasteiger partial charge in [0.05, 0.1) is 0 Å². The van der Waals surface area contributed by atoms with E-state index in [-0.39, 0.29) is 11.9 Å². The third-order valence-corrected chi connectivity index (χ3v) is 5.66. The summed E-state index contributed by atoms with van der Waals surface area (Å²) < 4.78 is 0. The summed E-state index contributed by atoms with van der Waals surface area (Å²) in [5.74, 6) is -0.00825. The zero-order valence-electron chi connectivity index (χ0n) is 17.9. The van der Waals surface area contributed by atoms with Crippen LogP contribution in [0.3, 0.4) is 0 Å². The molecular weight excluding hydrogens is 344 g/mol. The number of carbonyl (C=O) groups is 1. The van der Waals surface area contributed by atoms with Crippen molar-refractivity contribution in [2.24, 2.45) is 0 Å². The SMILES string of the molecule is C/C(=C\c1c(C)c(C)c(-c2ccc3[nH]ccc3c2)c(C)c1C)C(=O)NC(C)C. The van der Waals surface area contributed by atoms with E-state index in [2.05, 4.69) is 62.3 Å². The van der Waals surface area contributed by atoms with E-state index in [1.54, 1.807) is 0 Å². The van der Waals surface area contributed by atoms with E-state index in [1.165, 1.54) is 38.8 Å². The molecule has 3 heteroatoms. The molecule has 0 saturated carbocycles. The lowest BCUT2D eigenvalue weighted by Crippen LogP contribution is -2.30. The van der Waals surface area contributed by atoms with Gasteiger partial charge in [-0.3, -0.25) is 4.79 Å². The average molecular weight is 375 g/mol. The summed E-state index contributed by atoms with van der Waals surface area (Å²) >= 11 is 0. The van der Waals surface area contributed by atoms with Crippen molar-refractivity contribution in [3.8, 4) is 11.1 Å².